The highest BCUT2D eigenvalue weighted by atomic mass is 79.9. The zero-order valence-electron chi connectivity index (χ0n) is 8.40. The molecule has 2 N–H and O–H groups in total. The number of nitrogens with two attached hydrogens (primary N) is 1. The molecule has 0 aliphatic rings. The van der Waals surface area contributed by atoms with Crippen molar-refractivity contribution >= 4 is 15.9 Å². The second kappa shape index (κ2) is 4.72. The number of hydrogen-bond donors (Lipinski definition) is 1. The van der Waals surface area contributed by atoms with E-state index in [9.17, 15) is 4.39 Å². The number of nitrogens with zero attached hydrogens (tertiary/aromatic N) is 1. The lowest BCUT2D eigenvalue weighted by Crippen LogP contribution is -2.12. The Morgan fingerprint density at radius 2 is 2.06 bits per heavy atom. The average molecular weight is 281 g/mol. The van der Waals surface area contributed by atoms with Crippen LogP contribution in [0, 0.1) is 5.82 Å². The second-order valence-electron chi connectivity index (χ2n) is 3.44. The van der Waals surface area contributed by atoms with Crippen LogP contribution < -0.4 is 5.73 Å². The van der Waals surface area contributed by atoms with Gasteiger partial charge in [0.2, 0.25) is 0 Å². The van der Waals surface area contributed by atoms with E-state index in [2.05, 4.69) is 20.9 Å². The van der Waals surface area contributed by atoms with Crippen LogP contribution in [0.3, 0.4) is 0 Å². The molecule has 1 aromatic heterocycles. The first-order valence-electron chi connectivity index (χ1n) is 4.79. The topological polar surface area (TPSA) is 38.9 Å². The molecule has 82 valence electrons. The van der Waals surface area contributed by atoms with Gasteiger partial charge in [-0.2, -0.15) is 0 Å². The molecule has 0 fully saturated rings. The fourth-order valence-electron chi connectivity index (χ4n) is 1.46. The number of benzene rings is 1. The number of pyridine rings is 1. The molecule has 1 unspecified atom stereocenters. The summed E-state index contributed by atoms with van der Waals surface area (Å²) in [6.45, 7) is 0. The molecule has 0 radical (unpaired) electrons. The van der Waals surface area contributed by atoms with Crippen molar-refractivity contribution in [1.29, 1.82) is 0 Å². The van der Waals surface area contributed by atoms with E-state index >= 15 is 0 Å². The highest BCUT2D eigenvalue weighted by molar-refractivity contribution is 9.10. The van der Waals surface area contributed by atoms with E-state index in [1.165, 1.54) is 6.07 Å². The molecular formula is C12H10BrFN2. The highest BCUT2D eigenvalue weighted by Crippen LogP contribution is 2.23. The normalized spacial score (nSPS) is 12.4. The molecule has 2 rings (SSSR count). The SMILES string of the molecule is NC(c1cccnc1)c1ccc(F)c(Br)c1. The summed E-state index contributed by atoms with van der Waals surface area (Å²) >= 11 is 3.14. The monoisotopic (exact) mass is 280 g/mol. The number of aromatic nitrogens is 1. The predicted molar refractivity (Wildman–Crippen MR) is 64.4 cm³/mol. The largest absolute Gasteiger partial charge is 0.320 e. The van der Waals surface area contributed by atoms with E-state index in [1.807, 2.05) is 12.1 Å². The van der Waals surface area contributed by atoms with E-state index in [-0.39, 0.29) is 11.9 Å². The molecule has 4 heteroatoms. The number of hydrogen-bond acceptors (Lipinski definition) is 2. The molecular weight excluding hydrogens is 271 g/mol. The van der Waals surface area contributed by atoms with Crippen molar-refractivity contribution in [3.05, 3.63) is 64.1 Å². The van der Waals surface area contributed by atoms with Crippen molar-refractivity contribution in [2.24, 2.45) is 5.73 Å². The van der Waals surface area contributed by atoms with Crippen molar-refractivity contribution in [3.63, 3.8) is 0 Å². The maximum atomic E-state index is 13.1. The van der Waals surface area contributed by atoms with Crippen LogP contribution in [0.15, 0.2) is 47.2 Å². The van der Waals surface area contributed by atoms with Gasteiger partial charge in [-0.3, -0.25) is 4.98 Å². The van der Waals surface area contributed by atoms with Crippen LogP contribution >= 0.6 is 15.9 Å². The zero-order chi connectivity index (χ0) is 11.5. The Morgan fingerprint density at radius 3 is 2.69 bits per heavy atom. The first-order valence-corrected chi connectivity index (χ1v) is 5.58. The Labute approximate surface area is 101 Å². The van der Waals surface area contributed by atoms with Gasteiger partial charge in [0.05, 0.1) is 10.5 Å². The molecule has 0 spiro atoms. The fourth-order valence-corrected chi connectivity index (χ4v) is 1.85. The second-order valence-corrected chi connectivity index (χ2v) is 4.29. The molecule has 0 aliphatic carbocycles. The first-order chi connectivity index (χ1) is 7.68. The van der Waals surface area contributed by atoms with Gasteiger partial charge in [-0.05, 0) is 45.3 Å². The quantitative estimate of drug-likeness (QED) is 0.919. The lowest BCUT2D eigenvalue weighted by atomic mass is 10.0. The summed E-state index contributed by atoms with van der Waals surface area (Å²) in [5.74, 6) is -0.290. The highest BCUT2D eigenvalue weighted by Gasteiger charge is 2.10. The minimum atomic E-state index is -0.290. The molecule has 2 aromatic rings. The molecule has 1 heterocycles. The maximum Gasteiger partial charge on any atom is 0.137 e. The Bertz CT molecular complexity index is 488. The summed E-state index contributed by atoms with van der Waals surface area (Å²) in [6.07, 6.45) is 3.40. The Balaban J connectivity index is 2.34. The molecule has 0 saturated heterocycles. The standard InChI is InChI=1S/C12H10BrFN2/c13-10-6-8(3-4-11(10)14)12(15)9-2-1-5-16-7-9/h1-7,12H,15H2. The van der Waals surface area contributed by atoms with Gasteiger partial charge < -0.3 is 5.73 Å². The third kappa shape index (κ3) is 2.28. The molecule has 0 bridgehead atoms. The lowest BCUT2D eigenvalue weighted by molar-refractivity contribution is 0.619. The van der Waals surface area contributed by atoms with Crippen LogP contribution in [0.5, 0.6) is 0 Å². The third-order valence-corrected chi connectivity index (χ3v) is 2.95. The summed E-state index contributed by atoms with van der Waals surface area (Å²) < 4.78 is 13.5. The summed E-state index contributed by atoms with van der Waals surface area (Å²) in [5, 5.41) is 0. The average Bonchev–Trinajstić information content (AvgIpc) is 2.33. The van der Waals surface area contributed by atoms with Crippen LogP contribution in [-0.2, 0) is 0 Å². The first kappa shape index (κ1) is 11.2. The lowest BCUT2D eigenvalue weighted by Gasteiger charge is -2.12. The van der Waals surface area contributed by atoms with Gasteiger partial charge >= 0.3 is 0 Å². The smallest absolute Gasteiger partial charge is 0.137 e. The van der Waals surface area contributed by atoms with E-state index in [4.69, 9.17) is 5.73 Å². The summed E-state index contributed by atoms with van der Waals surface area (Å²) in [5.41, 5.74) is 7.80. The molecule has 0 amide bonds. The van der Waals surface area contributed by atoms with Crippen molar-refractivity contribution < 1.29 is 4.39 Å². The van der Waals surface area contributed by atoms with E-state index in [0.717, 1.165) is 11.1 Å². The van der Waals surface area contributed by atoms with Crippen molar-refractivity contribution in [3.8, 4) is 0 Å². The van der Waals surface area contributed by atoms with Gasteiger partial charge in [-0.15, -0.1) is 0 Å². The van der Waals surface area contributed by atoms with Crippen LogP contribution in [0.1, 0.15) is 17.2 Å². The van der Waals surface area contributed by atoms with Crippen LogP contribution in [0.25, 0.3) is 0 Å². The van der Waals surface area contributed by atoms with E-state index < -0.39 is 0 Å². The van der Waals surface area contributed by atoms with Gasteiger partial charge in [-0.1, -0.05) is 12.1 Å². The van der Waals surface area contributed by atoms with Gasteiger partial charge in [0.25, 0.3) is 0 Å². The van der Waals surface area contributed by atoms with E-state index in [1.54, 1.807) is 24.5 Å². The van der Waals surface area contributed by atoms with Crippen LogP contribution in [-0.4, -0.2) is 4.98 Å². The van der Waals surface area contributed by atoms with Crippen molar-refractivity contribution in [1.82, 2.24) is 4.98 Å². The van der Waals surface area contributed by atoms with Gasteiger partial charge in [-0.25, -0.2) is 4.39 Å². The Morgan fingerprint density at radius 1 is 1.25 bits per heavy atom. The van der Waals surface area contributed by atoms with Crippen LogP contribution in [0.4, 0.5) is 4.39 Å². The maximum absolute atomic E-state index is 13.1. The number of rotatable bonds is 2. The Hall–Kier alpha value is -1.26. The molecule has 1 aromatic carbocycles. The molecule has 0 aliphatic heterocycles. The minimum Gasteiger partial charge on any atom is -0.320 e. The predicted octanol–water partition coefficient (Wildman–Crippen LogP) is 3.03. The molecule has 1 atom stereocenters. The fraction of sp³-hybridized carbons (Fsp3) is 0.0833. The van der Waals surface area contributed by atoms with Crippen molar-refractivity contribution in [2.45, 2.75) is 6.04 Å². The van der Waals surface area contributed by atoms with Crippen LogP contribution in [0.2, 0.25) is 0 Å². The molecule has 2 nitrogen and oxygen atoms in total. The molecule has 16 heavy (non-hydrogen) atoms. The third-order valence-electron chi connectivity index (χ3n) is 2.35. The van der Waals surface area contributed by atoms with E-state index in [0.29, 0.717) is 4.47 Å². The Kier molecular flexibility index (Phi) is 3.31. The summed E-state index contributed by atoms with van der Waals surface area (Å²) in [6, 6.07) is 8.20. The van der Waals surface area contributed by atoms with Gasteiger partial charge in [0.1, 0.15) is 5.82 Å². The minimum absolute atomic E-state index is 0.286. The summed E-state index contributed by atoms with van der Waals surface area (Å²) in [4.78, 5) is 4.01. The number of halogens is 2. The van der Waals surface area contributed by atoms with Crippen molar-refractivity contribution in [2.75, 3.05) is 0 Å². The molecule has 0 saturated carbocycles. The zero-order valence-corrected chi connectivity index (χ0v) is 9.99. The summed E-state index contributed by atoms with van der Waals surface area (Å²) in [7, 11) is 0. The van der Waals surface area contributed by atoms with Gasteiger partial charge in [0.15, 0.2) is 0 Å². The van der Waals surface area contributed by atoms with Gasteiger partial charge in [0, 0.05) is 12.4 Å².